The van der Waals surface area contributed by atoms with Crippen LogP contribution in [0.3, 0.4) is 0 Å². The number of nitrogens with zero attached hydrogens (tertiary/aromatic N) is 2. The van der Waals surface area contributed by atoms with Gasteiger partial charge < -0.3 is 10.1 Å². The first-order chi connectivity index (χ1) is 14.0. The molecule has 1 aromatic rings. The SMILES string of the molecule is CC(C)(Oc1ccccc1F)/C(=N\C#N)NC1C2CC3CC1CC(S(C)(=O)=O)(C3)C2. The van der Waals surface area contributed by atoms with E-state index in [1.165, 1.54) is 12.3 Å². The summed E-state index contributed by atoms with van der Waals surface area (Å²) in [4.78, 5) is 3.98. The van der Waals surface area contributed by atoms with Gasteiger partial charge in [0.25, 0.3) is 0 Å². The average molecular weight is 434 g/mol. The molecular weight excluding hydrogens is 405 g/mol. The van der Waals surface area contributed by atoms with Crippen molar-refractivity contribution in [2.24, 2.45) is 22.7 Å². The van der Waals surface area contributed by atoms with Crippen molar-refractivity contribution >= 4 is 15.7 Å². The number of benzene rings is 1. The summed E-state index contributed by atoms with van der Waals surface area (Å²) in [6.07, 6.45) is 7.24. The minimum atomic E-state index is -3.13. The monoisotopic (exact) mass is 433 g/mol. The van der Waals surface area contributed by atoms with Crippen molar-refractivity contribution in [3.8, 4) is 11.9 Å². The number of amidine groups is 1. The molecule has 0 saturated heterocycles. The first-order valence-electron chi connectivity index (χ1n) is 10.4. The summed E-state index contributed by atoms with van der Waals surface area (Å²) in [5, 5.41) is 12.7. The molecule has 1 N–H and O–H groups in total. The van der Waals surface area contributed by atoms with Gasteiger partial charge in [-0.2, -0.15) is 10.3 Å². The van der Waals surface area contributed by atoms with E-state index in [1.807, 2.05) is 6.19 Å². The topological polar surface area (TPSA) is 91.5 Å². The van der Waals surface area contributed by atoms with Crippen LogP contribution in [0.4, 0.5) is 4.39 Å². The predicted octanol–water partition coefficient (Wildman–Crippen LogP) is 3.44. The third kappa shape index (κ3) is 3.58. The lowest BCUT2D eigenvalue weighted by atomic mass is 9.53. The van der Waals surface area contributed by atoms with Crippen LogP contribution >= 0.6 is 0 Å². The van der Waals surface area contributed by atoms with Crippen LogP contribution in [0.1, 0.15) is 46.0 Å². The molecular formula is C22H28FN3O3S. The molecule has 4 saturated carbocycles. The van der Waals surface area contributed by atoms with Gasteiger partial charge in [-0.15, -0.1) is 0 Å². The number of nitrogens with one attached hydrogen (secondary N) is 1. The summed E-state index contributed by atoms with van der Waals surface area (Å²) in [7, 11) is -3.13. The number of ether oxygens (including phenoxy) is 1. The molecule has 8 heteroatoms. The third-order valence-corrected chi connectivity index (χ3v) is 9.31. The Labute approximate surface area is 177 Å². The number of halogens is 1. The van der Waals surface area contributed by atoms with E-state index in [0.29, 0.717) is 24.6 Å². The normalized spacial score (nSPS) is 33.2. The second kappa shape index (κ2) is 7.23. The fraction of sp³-hybridized carbons (Fsp3) is 0.636. The number of sulfone groups is 1. The van der Waals surface area contributed by atoms with Gasteiger partial charge in [0, 0.05) is 12.3 Å². The molecule has 0 aliphatic heterocycles. The van der Waals surface area contributed by atoms with Gasteiger partial charge in [-0.3, -0.25) is 0 Å². The maximum atomic E-state index is 14.1. The summed E-state index contributed by atoms with van der Waals surface area (Å²) in [6.45, 7) is 3.49. The van der Waals surface area contributed by atoms with Crippen LogP contribution in [-0.2, 0) is 9.84 Å². The summed E-state index contributed by atoms with van der Waals surface area (Å²) in [5.41, 5.74) is -1.05. The van der Waals surface area contributed by atoms with Gasteiger partial charge in [-0.25, -0.2) is 12.8 Å². The Morgan fingerprint density at radius 1 is 1.27 bits per heavy atom. The van der Waals surface area contributed by atoms with Crippen molar-refractivity contribution in [3.63, 3.8) is 0 Å². The number of hydrogen-bond donors (Lipinski definition) is 1. The highest BCUT2D eigenvalue weighted by Gasteiger charge is 2.60. The number of nitriles is 1. The highest BCUT2D eigenvalue weighted by Crippen LogP contribution is 2.58. The van der Waals surface area contributed by atoms with Gasteiger partial charge in [-0.05, 0) is 75.8 Å². The molecule has 6 nitrogen and oxygen atoms in total. The first kappa shape index (κ1) is 21.1. The Balaban J connectivity index is 1.57. The number of aliphatic imine (C=N–C) groups is 1. The molecule has 2 unspecified atom stereocenters. The van der Waals surface area contributed by atoms with Crippen LogP contribution in [0.25, 0.3) is 0 Å². The van der Waals surface area contributed by atoms with Gasteiger partial charge in [0.1, 0.15) is 0 Å². The Morgan fingerprint density at radius 2 is 1.90 bits per heavy atom. The van der Waals surface area contributed by atoms with Gasteiger partial charge in [0.05, 0.1) is 4.75 Å². The molecule has 5 rings (SSSR count). The molecule has 4 aliphatic carbocycles. The first-order valence-corrected chi connectivity index (χ1v) is 12.3. The molecule has 0 aromatic heterocycles. The smallest absolute Gasteiger partial charge is 0.207 e. The Kier molecular flexibility index (Phi) is 5.08. The van der Waals surface area contributed by atoms with E-state index >= 15 is 0 Å². The lowest BCUT2D eigenvalue weighted by Crippen LogP contribution is -2.65. The molecule has 0 radical (unpaired) electrons. The van der Waals surface area contributed by atoms with Gasteiger partial charge >= 0.3 is 0 Å². The summed E-state index contributed by atoms with van der Waals surface area (Å²) < 4.78 is 44.5. The van der Waals surface area contributed by atoms with E-state index in [2.05, 4.69) is 10.3 Å². The maximum absolute atomic E-state index is 14.1. The van der Waals surface area contributed by atoms with Crippen molar-refractivity contribution < 1.29 is 17.5 Å². The molecule has 30 heavy (non-hydrogen) atoms. The molecule has 4 aliphatic rings. The zero-order chi connectivity index (χ0) is 21.7. The van der Waals surface area contributed by atoms with Crippen LogP contribution in [0.2, 0.25) is 0 Å². The van der Waals surface area contributed by atoms with E-state index in [0.717, 1.165) is 19.3 Å². The van der Waals surface area contributed by atoms with Crippen molar-refractivity contribution in [2.75, 3.05) is 6.26 Å². The van der Waals surface area contributed by atoms with Gasteiger partial charge in [-0.1, -0.05) is 12.1 Å². The van der Waals surface area contributed by atoms with Crippen LogP contribution in [0.5, 0.6) is 5.75 Å². The second-order valence-electron chi connectivity index (χ2n) is 9.70. The molecule has 4 bridgehead atoms. The van der Waals surface area contributed by atoms with Crippen molar-refractivity contribution in [1.29, 1.82) is 5.26 Å². The van der Waals surface area contributed by atoms with Crippen molar-refractivity contribution in [3.05, 3.63) is 30.1 Å². The van der Waals surface area contributed by atoms with Crippen LogP contribution in [-0.4, -0.2) is 36.9 Å². The van der Waals surface area contributed by atoms with E-state index in [1.54, 1.807) is 32.0 Å². The Hall–Kier alpha value is -2.14. The fourth-order valence-corrected chi connectivity index (χ4v) is 7.61. The highest BCUT2D eigenvalue weighted by atomic mass is 32.2. The minimum absolute atomic E-state index is 0.0343. The Morgan fingerprint density at radius 3 is 2.47 bits per heavy atom. The fourth-order valence-electron chi connectivity index (χ4n) is 6.04. The Bertz CT molecular complexity index is 999. The maximum Gasteiger partial charge on any atom is 0.207 e. The van der Waals surface area contributed by atoms with E-state index in [-0.39, 0.29) is 23.6 Å². The second-order valence-corrected chi connectivity index (χ2v) is 12.1. The minimum Gasteiger partial charge on any atom is -0.477 e. The van der Waals surface area contributed by atoms with Crippen LogP contribution < -0.4 is 10.1 Å². The molecule has 162 valence electrons. The van der Waals surface area contributed by atoms with E-state index < -0.39 is 26.0 Å². The average Bonchev–Trinajstić information content (AvgIpc) is 2.64. The standard InChI is InChI=1S/C22H28FN3O3S/c1-21(2,29-18-7-5-4-6-17(18)23)20(25-13-24)26-19-15-8-14-9-16(19)12-22(10-14,11-15)30(3,27)28/h4-7,14-16,19H,8-12H2,1-3H3,(H,25,26). The molecule has 4 fully saturated rings. The summed E-state index contributed by atoms with van der Waals surface area (Å²) in [5.74, 6) is 0.814. The molecule has 0 amide bonds. The van der Waals surface area contributed by atoms with E-state index in [4.69, 9.17) is 4.74 Å². The predicted molar refractivity (Wildman–Crippen MR) is 112 cm³/mol. The lowest BCUT2D eigenvalue weighted by molar-refractivity contribution is 0.00456. The van der Waals surface area contributed by atoms with Crippen molar-refractivity contribution in [2.45, 2.75) is 62.3 Å². The van der Waals surface area contributed by atoms with Crippen molar-refractivity contribution in [1.82, 2.24) is 5.32 Å². The third-order valence-electron chi connectivity index (χ3n) is 7.24. The zero-order valence-electron chi connectivity index (χ0n) is 17.6. The van der Waals surface area contributed by atoms with Crippen LogP contribution in [0.15, 0.2) is 29.3 Å². The molecule has 1 aromatic carbocycles. The molecule has 0 spiro atoms. The number of para-hydroxylation sites is 1. The van der Waals surface area contributed by atoms with Crippen LogP contribution in [0, 0.1) is 35.0 Å². The summed E-state index contributed by atoms with van der Waals surface area (Å²) in [6, 6.07) is 6.17. The quantitative estimate of drug-likeness (QED) is 0.436. The lowest BCUT2D eigenvalue weighted by Gasteiger charge is -2.59. The number of hydrogen-bond acceptors (Lipinski definition) is 5. The molecule has 0 heterocycles. The largest absolute Gasteiger partial charge is 0.477 e. The van der Waals surface area contributed by atoms with E-state index in [9.17, 15) is 18.1 Å². The highest BCUT2D eigenvalue weighted by molar-refractivity contribution is 7.92. The zero-order valence-corrected chi connectivity index (χ0v) is 18.4. The van der Waals surface area contributed by atoms with Gasteiger partial charge in [0.2, 0.25) is 6.19 Å². The molecule has 2 atom stereocenters. The number of rotatable bonds is 5. The summed E-state index contributed by atoms with van der Waals surface area (Å²) >= 11 is 0. The van der Waals surface area contributed by atoms with Gasteiger partial charge in [0.15, 0.2) is 32.8 Å².